The first-order valence-electron chi connectivity index (χ1n) is 13.3. The van der Waals surface area contributed by atoms with Gasteiger partial charge in [0.05, 0.1) is 24.9 Å². The van der Waals surface area contributed by atoms with Crippen molar-refractivity contribution in [3.63, 3.8) is 0 Å². The summed E-state index contributed by atoms with van der Waals surface area (Å²) in [6, 6.07) is 0. The van der Waals surface area contributed by atoms with E-state index >= 15 is 0 Å². The van der Waals surface area contributed by atoms with E-state index in [4.69, 9.17) is 18.9 Å². The molecule has 2 saturated heterocycles. The number of hydrogen-bond donors (Lipinski definition) is 2. The third kappa shape index (κ3) is 4.04. The quantitative estimate of drug-likeness (QED) is 0.406. The molecule has 0 aromatic rings. The van der Waals surface area contributed by atoms with Gasteiger partial charge in [-0.05, 0) is 39.5 Å². The highest BCUT2D eigenvalue weighted by atomic mass is 16.6. The van der Waals surface area contributed by atoms with Crippen molar-refractivity contribution in [3.05, 3.63) is 48.1 Å². The minimum atomic E-state index is -1.23. The van der Waals surface area contributed by atoms with Gasteiger partial charge in [0.25, 0.3) is 0 Å². The van der Waals surface area contributed by atoms with Gasteiger partial charge in [0.2, 0.25) is 0 Å². The molecule has 3 saturated carbocycles. The SMILES string of the molecule is C=C1CC[C@@]23COC(=O)/C=C(\C)CCO[C@@H]([C@@H](C)O)/C=C/C=C\C(=O)O[C@@H]4C[C@H]5O[C@@H]2[C@@H]1C[C@@]5(O)[C@]43C. The Morgan fingerprint density at radius 1 is 1.16 bits per heavy atom. The van der Waals surface area contributed by atoms with E-state index in [1.54, 1.807) is 25.2 Å². The van der Waals surface area contributed by atoms with E-state index in [9.17, 15) is 19.8 Å². The Morgan fingerprint density at radius 3 is 2.70 bits per heavy atom. The van der Waals surface area contributed by atoms with Crippen LogP contribution in [0.5, 0.6) is 0 Å². The number of rotatable bonds is 1. The Balaban J connectivity index is 1.51. The van der Waals surface area contributed by atoms with Crippen molar-refractivity contribution in [2.75, 3.05) is 13.2 Å². The van der Waals surface area contributed by atoms with E-state index < -0.39 is 52.8 Å². The largest absolute Gasteiger partial charge is 0.462 e. The van der Waals surface area contributed by atoms with Crippen molar-refractivity contribution in [1.82, 2.24) is 0 Å². The van der Waals surface area contributed by atoms with E-state index in [1.807, 2.05) is 13.8 Å². The number of carbonyl (C=O) groups is 2. The summed E-state index contributed by atoms with van der Waals surface area (Å²) in [5.41, 5.74) is -0.961. The van der Waals surface area contributed by atoms with Crippen LogP contribution in [0.4, 0.5) is 0 Å². The molecule has 8 nitrogen and oxygen atoms in total. The van der Waals surface area contributed by atoms with Crippen LogP contribution < -0.4 is 0 Å². The highest BCUT2D eigenvalue weighted by Gasteiger charge is 2.82. The molecule has 6 aliphatic rings. The number of allylic oxidation sites excluding steroid dienone is 2. The number of hydrogen-bond acceptors (Lipinski definition) is 8. The van der Waals surface area contributed by atoms with Gasteiger partial charge in [-0.3, -0.25) is 0 Å². The Labute approximate surface area is 218 Å². The molecular weight excluding hydrogens is 476 g/mol. The topological polar surface area (TPSA) is 112 Å². The summed E-state index contributed by atoms with van der Waals surface area (Å²) >= 11 is 0. The fraction of sp³-hybridized carbons (Fsp3) is 0.655. The van der Waals surface area contributed by atoms with Crippen molar-refractivity contribution in [1.29, 1.82) is 0 Å². The zero-order valence-electron chi connectivity index (χ0n) is 21.9. The van der Waals surface area contributed by atoms with Crippen LogP contribution in [0.1, 0.15) is 52.9 Å². The highest BCUT2D eigenvalue weighted by Crippen LogP contribution is 2.74. The minimum absolute atomic E-state index is 0.0320. The van der Waals surface area contributed by atoms with E-state index in [0.717, 1.165) is 17.6 Å². The van der Waals surface area contributed by atoms with Gasteiger partial charge in [0, 0.05) is 35.3 Å². The number of aliphatic hydroxyl groups excluding tert-OH is 1. The molecule has 6 rings (SSSR count). The van der Waals surface area contributed by atoms with Crippen molar-refractivity contribution < 1.29 is 38.7 Å². The van der Waals surface area contributed by atoms with E-state index in [1.165, 1.54) is 12.2 Å². The van der Waals surface area contributed by atoms with Crippen molar-refractivity contribution in [2.24, 2.45) is 16.7 Å². The van der Waals surface area contributed by atoms with Gasteiger partial charge in [0.15, 0.2) is 0 Å². The summed E-state index contributed by atoms with van der Waals surface area (Å²) in [6.07, 6.45) is 7.75. The summed E-state index contributed by atoms with van der Waals surface area (Å²) in [7, 11) is 0. The molecule has 0 aromatic carbocycles. The van der Waals surface area contributed by atoms with Crippen LogP contribution in [-0.4, -0.2) is 71.5 Å². The van der Waals surface area contributed by atoms with Gasteiger partial charge in [-0.15, -0.1) is 0 Å². The lowest BCUT2D eigenvalue weighted by molar-refractivity contribution is -0.349. The molecule has 8 heteroatoms. The molecule has 9 atom stereocenters. The lowest BCUT2D eigenvalue weighted by atomic mass is 9.41. The number of esters is 2. The molecule has 2 N–H and O–H groups in total. The summed E-state index contributed by atoms with van der Waals surface area (Å²) in [5, 5.41) is 22.2. The molecular formula is C29H38O8. The molecule has 5 fully saturated rings. The molecule has 3 heterocycles. The summed E-state index contributed by atoms with van der Waals surface area (Å²) in [4.78, 5) is 25.8. The number of ether oxygens (including phenoxy) is 4. The third-order valence-electron chi connectivity index (χ3n) is 9.73. The first kappa shape index (κ1) is 26.4. The van der Waals surface area contributed by atoms with E-state index in [2.05, 4.69) is 6.58 Å². The molecule has 0 aromatic heterocycles. The maximum Gasteiger partial charge on any atom is 0.331 e. The molecule has 202 valence electrons. The molecule has 1 spiro atoms. The van der Waals surface area contributed by atoms with Gasteiger partial charge in [-0.2, -0.15) is 0 Å². The van der Waals surface area contributed by atoms with Crippen LogP contribution in [-0.2, 0) is 28.5 Å². The summed E-state index contributed by atoms with van der Waals surface area (Å²) in [6.45, 7) is 10.1. The van der Waals surface area contributed by atoms with Gasteiger partial charge < -0.3 is 29.2 Å². The smallest absolute Gasteiger partial charge is 0.331 e. The first-order chi connectivity index (χ1) is 17.5. The lowest BCUT2D eigenvalue weighted by Crippen LogP contribution is -2.77. The molecule has 37 heavy (non-hydrogen) atoms. The zero-order valence-corrected chi connectivity index (χ0v) is 21.9. The monoisotopic (exact) mass is 514 g/mol. The minimum Gasteiger partial charge on any atom is -0.462 e. The molecule has 3 aliphatic heterocycles. The van der Waals surface area contributed by atoms with E-state index in [0.29, 0.717) is 32.3 Å². The fourth-order valence-electron chi connectivity index (χ4n) is 7.54. The van der Waals surface area contributed by atoms with E-state index in [-0.39, 0.29) is 18.6 Å². The van der Waals surface area contributed by atoms with Crippen LogP contribution in [0.25, 0.3) is 0 Å². The highest BCUT2D eigenvalue weighted by molar-refractivity contribution is 5.83. The van der Waals surface area contributed by atoms with Gasteiger partial charge in [0.1, 0.15) is 24.4 Å². The second kappa shape index (κ2) is 9.49. The molecule has 0 amide bonds. The predicted octanol–water partition coefficient (Wildman–Crippen LogP) is 2.93. The number of carbonyl (C=O) groups excluding carboxylic acids is 2. The summed E-state index contributed by atoms with van der Waals surface area (Å²) < 4.78 is 24.1. The van der Waals surface area contributed by atoms with Gasteiger partial charge >= 0.3 is 11.9 Å². The standard InChI is InChI=1S/C29H38O8/c1-17-10-12-34-21(19(3)30)7-5-6-8-24(31)36-22-14-23-29(33)15-20-18(2)9-11-28(26(20)37-23,27(22,29)4)16-35-25(32)13-17/h5-8,13,19-23,26,30,33H,2,9-12,14-16H2,1,3-4H3/b7-5+,8-6-,17-13+/t19-,20-,21-,22-,23-,26-,27-,28-,29+/m1/s1. The molecule has 6 bridgehead atoms. The average molecular weight is 515 g/mol. The maximum atomic E-state index is 12.9. The van der Waals surface area contributed by atoms with Crippen LogP contribution in [0, 0.1) is 16.7 Å². The lowest BCUT2D eigenvalue weighted by Gasteiger charge is -2.69. The summed E-state index contributed by atoms with van der Waals surface area (Å²) in [5.74, 6) is -1.03. The second-order valence-electron chi connectivity index (χ2n) is 11.6. The van der Waals surface area contributed by atoms with Crippen molar-refractivity contribution in [2.45, 2.75) is 89.0 Å². The van der Waals surface area contributed by atoms with Crippen LogP contribution >= 0.6 is 0 Å². The Bertz CT molecular complexity index is 1060. The van der Waals surface area contributed by atoms with Gasteiger partial charge in [-0.25, -0.2) is 9.59 Å². The van der Waals surface area contributed by atoms with Crippen LogP contribution in [0.15, 0.2) is 48.1 Å². The van der Waals surface area contributed by atoms with Crippen molar-refractivity contribution >= 4 is 11.9 Å². The Kier molecular flexibility index (Phi) is 6.76. The maximum absolute atomic E-state index is 12.9. The third-order valence-corrected chi connectivity index (χ3v) is 9.73. The zero-order chi connectivity index (χ0) is 26.6. The number of aliphatic hydroxyl groups is 2. The van der Waals surface area contributed by atoms with Crippen molar-refractivity contribution in [3.8, 4) is 0 Å². The molecule has 3 aliphatic carbocycles. The van der Waals surface area contributed by atoms with Crippen LogP contribution in [0.2, 0.25) is 0 Å². The second-order valence-corrected chi connectivity index (χ2v) is 11.6. The Morgan fingerprint density at radius 2 is 1.95 bits per heavy atom. The first-order valence-corrected chi connectivity index (χ1v) is 13.3. The predicted molar refractivity (Wildman–Crippen MR) is 134 cm³/mol. The number of cyclic esters (lactones) is 1. The average Bonchev–Trinajstić information content (AvgIpc) is 2.98. The molecule has 0 radical (unpaired) electrons. The molecule has 0 unspecified atom stereocenters. The fourth-order valence-corrected chi connectivity index (χ4v) is 7.54. The Hall–Kier alpha value is -2.26. The van der Waals surface area contributed by atoms with Crippen LogP contribution in [0.3, 0.4) is 0 Å². The normalized spacial score (nSPS) is 48.1. The van der Waals surface area contributed by atoms with Gasteiger partial charge in [-0.1, -0.05) is 42.9 Å².